The lowest BCUT2D eigenvalue weighted by molar-refractivity contribution is 0.355. The van der Waals surface area contributed by atoms with Gasteiger partial charge < -0.3 is 15.2 Å². The highest BCUT2D eigenvalue weighted by Gasteiger charge is 2.12. The third-order valence-corrected chi connectivity index (χ3v) is 3.11. The number of nitrogens with two attached hydrogens (primary N) is 1. The van der Waals surface area contributed by atoms with Crippen LogP contribution in [0, 0.1) is 5.82 Å². The smallest absolute Gasteiger partial charge is 0.161 e. The van der Waals surface area contributed by atoms with E-state index < -0.39 is 5.82 Å². The maximum absolute atomic E-state index is 14.1. The average molecular weight is 292 g/mol. The summed E-state index contributed by atoms with van der Waals surface area (Å²) in [6, 6.07) is 7.83. The summed E-state index contributed by atoms with van der Waals surface area (Å²) < 4.78 is 27.9. The van der Waals surface area contributed by atoms with Crippen LogP contribution in [0.2, 0.25) is 0 Å². The highest BCUT2D eigenvalue weighted by atomic mass is 32.1. The second-order valence-electron chi connectivity index (χ2n) is 4.05. The maximum Gasteiger partial charge on any atom is 0.161 e. The number of halogens is 1. The standard InChI is InChI=1S/C14H13FN2O2S/c1-18-13-4-3-8(5-14(13)19-2)9-6-11(16)12(17-20)7-10(9)15/h3-7H,16H2,1-2H3. The van der Waals surface area contributed by atoms with E-state index in [-0.39, 0.29) is 5.69 Å². The number of ether oxygens (including phenoxy) is 2. The van der Waals surface area contributed by atoms with Crippen molar-refractivity contribution in [2.24, 2.45) is 4.36 Å². The Morgan fingerprint density at radius 1 is 1.10 bits per heavy atom. The highest BCUT2D eigenvalue weighted by Crippen LogP contribution is 2.36. The van der Waals surface area contributed by atoms with Crippen molar-refractivity contribution in [1.29, 1.82) is 0 Å². The van der Waals surface area contributed by atoms with Gasteiger partial charge in [-0.2, -0.15) is 4.36 Å². The molecule has 0 spiro atoms. The molecule has 4 nitrogen and oxygen atoms in total. The Morgan fingerprint density at radius 3 is 2.40 bits per heavy atom. The van der Waals surface area contributed by atoms with E-state index >= 15 is 0 Å². The summed E-state index contributed by atoms with van der Waals surface area (Å²) in [6.45, 7) is 0. The summed E-state index contributed by atoms with van der Waals surface area (Å²) in [5.74, 6) is 0.636. The molecule has 0 saturated heterocycles. The van der Waals surface area contributed by atoms with Gasteiger partial charge in [0.1, 0.15) is 11.5 Å². The minimum atomic E-state index is -0.449. The molecule has 0 fully saturated rings. The van der Waals surface area contributed by atoms with Crippen molar-refractivity contribution in [3.63, 3.8) is 0 Å². The first-order valence-electron chi connectivity index (χ1n) is 5.75. The molecule has 104 valence electrons. The topological polar surface area (TPSA) is 56.8 Å². The van der Waals surface area contributed by atoms with Gasteiger partial charge in [0.15, 0.2) is 11.5 Å². The van der Waals surface area contributed by atoms with E-state index in [4.69, 9.17) is 15.2 Å². The second kappa shape index (κ2) is 5.83. The lowest BCUT2D eigenvalue weighted by Crippen LogP contribution is -1.93. The first kappa shape index (κ1) is 14.2. The van der Waals surface area contributed by atoms with Gasteiger partial charge in [-0.1, -0.05) is 6.07 Å². The number of benzene rings is 2. The molecule has 2 aromatic rings. The second-order valence-corrected chi connectivity index (χ2v) is 4.23. The fourth-order valence-corrected chi connectivity index (χ4v) is 2.04. The van der Waals surface area contributed by atoms with E-state index in [2.05, 4.69) is 16.8 Å². The van der Waals surface area contributed by atoms with Gasteiger partial charge >= 0.3 is 0 Å². The first-order valence-corrected chi connectivity index (χ1v) is 6.12. The van der Waals surface area contributed by atoms with Crippen LogP contribution in [0.1, 0.15) is 0 Å². The quantitative estimate of drug-likeness (QED) is 0.877. The minimum Gasteiger partial charge on any atom is -0.493 e. The molecular formula is C14H13FN2O2S. The lowest BCUT2D eigenvalue weighted by Gasteiger charge is -2.11. The van der Waals surface area contributed by atoms with Gasteiger partial charge in [0.25, 0.3) is 0 Å². The molecular weight excluding hydrogens is 279 g/mol. The van der Waals surface area contributed by atoms with Crippen LogP contribution in [0.3, 0.4) is 0 Å². The number of hydrogen-bond acceptors (Lipinski definition) is 5. The maximum atomic E-state index is 14.1. The van der Waals surface area contributed by atoms with Crippen LogP contribution in [-0.4, -0.2) is 14.2 Å². The average Bonchev–Trinajstić information content (AvgIpc) is 2.48. The molecule has 0 radical (unpaired) electrons. The zero-order chi connectivity index (χ0) is 14.7. The zero-order valence-electron chi connectivity index (χ0n) is 11.0. The predicted molar refractivity (Wildman–Crippen MR) is 78.8 cm³/mol. The van der Waals surface area contributed by atoms with E-state index in [1.807, 2.05) is 0 Å². The van der Waals surface area contributed by atoms with Crippen molar-refractivity contribution in [3.05, 3.63) is 36.1 Å². The normalized spacial score (nSPS) is 10.2. The summed E-state index contributed by atoms with van der Waals surface area (Å²) in [5, 5.41) is 0. The molecule has 2 rings (SSSR count). The molecule has 0 heterocycles. The minimum absolute atomic E-state index is 0.252. The summed E-state index contributed by atoms with van der Waals surface area (Å²) in [6.07, 6.45) is 0. The summed E-state index contributed by atoms with van der Waals surface area (Å²) in [7, 11) is 3.06. The van der Waals surface area contributed by atoms with Crippen molar-refractivity contribution >= 4 is 23.8 Å². The number of hydrogen-bond donors (Lipinski definition) is 1. The molecule has 0 unspecified atom stereocenters. The molecule has 0 atom stereocenters. The molecule has 6 heteroatoms. The molecule has 2 aromatic carbocycles. The largest absolute Gasteiger partial charge is 0.493 e. The Labute approximate surface area is 121 Å². The van der Waals surface area contributed by atoms with Crippen molar-refractivity contribution < 1.29 is 13.9 Å². The lowest BCUT2D eigenvalue weighted by atomic mass is 10.0. The van der Waals surface area contributed by atoms with Gasteiger partial charge in [-0.25, -0.2) is 4.39 Å². The number of anilines is 1. The van der Waals surface area contributed by atoms with Gasteiger partial charge in [-0.3, -0.25) is 0 Å². The molecule has 2 N–H and O–H groups in total. The van der Waals surface area contributed by atoms with Gasteiger partial charge in [-0.05, 0) is 23.8 Å². The van der Waals surface area contributed by atoms with E-state index in [9.17, 15) is 4.39 Å². The van der Waals surface area contributed by atoms with Crippen LogP contribution in [0.25, 0.3) is 11.1 Å². The van der Waals surface area contributed by atoms with Crippen LogP contribution in [0.5, 0.6) is 11.5 Å². The number of rotatable bonds is 4. The Morgan fingerprint density at radius 2 is 1.80 bits per heavy atom. The Bertz CT molecular complexity index is 662. The summed E-state index contributed by atoms with van der Waals surface area (Å²) in [4.78, 5) is 0. The van der Waals surface area contributed by atoms with E-state index in [0.29, 0.717) is 28.3 Å². The fraction of sp³-hybridized carbons (Fsp3) is 0.143. The van der Waals surface area contributed by atoms with Crippen molar-refractivity contribution in [2.75, 3.05) is 20.0 Å². The first-order chi connectivity index (χ1) is 9.60. The third-order valence-electron chi connectivity index (χ3n) is 2.91. The van der Waals surface area contributed by atoms with Crippen LogP contribution >= 0.6 is 0 Å². The SMILES string of the molecule is COc1ccc(-c2cc(N)c(N=S)cc2F)cc1OC. The molecule has 20 heavy (non-hydrogen) atoms. The molecule has 0 aliphatic rings. The van der Waals surface area contributed by atoms with Crippen molar-refractivity contribution in [1.82, 2.24) is 0 Å². The van der Waals surface area contributed by atoms with Crippen LogP contribution in [0.4, 0.5) is 15.8 Å². The molecule has 0 amide bonds. The van der Waals surface area contributed by atoms with E-state index in [0.717, 1.165) is 0 Å². The fourth-order valence-electron chi connectivity index (χ4n) is 1.88. The number of nitrogen functional groups attached to an aromatic ring is 1. The zero-order valence-corrected chi connectivity index (χ0v) is 11.8. The Balaban J connectivity index is 2.57. The number of nitrogens with zero attached hydrogens (tertiary/aromatic N) is 1. The van der Waals surface area contributed by atoms with E-state index in [1.54, 1.807) is 18.2 Å². The molecule has 0 bridgehead atoms. The summed E-state index contributed by atoms with van der Waals surface area (Å²) in [5.41, 5.74) is 7.34. The van der Waals surface area contributed by atoms with E-state index in [1.165, 1.54) is 26.4 Å². The number of methoxy groups -OCH3 is 2. The van der Waals surface area contributed by atoms with Gasteiger partial charge in [0.2, 0.25) is 0 Å². The molecule has 0 aliphatic carbocycles. The molecule has 0 saturated carbocycles. The molecule has 0 aromatic heterocycles. The monoisotopic (exact) mass is 292 g/mol. The van der Waals surface area contributed by atoms with Crippen molar-refractivity contribution in [3.8, 4) is 22.6 Å². The van der Waals surface area contributed by atoms with Crippen LogP contribution in [0.15, 0.2) is 34.7 Å². The van der Waals surface area contributed by atoms with Crippen LogP contribution in [-0.2, 0) is 12.4 Å². The Kier molecular flexibility index (Phi) is 4.14. The predicted octanol–water partition coefficient (Wildman–Crippen LogP) is 3.45. The molecule has 0 aliphatic heterocycles. The highest BCUT2D eigenvalue weighted by molar-refractivity contribution is 7.47. The van der Waals surface area contributed by atoms with Crippen molar-refractivity contribution in [2.45, 2.75) is 0 Å². The Hall–Kier alpha value is -2.21. The van der Waals surface area contributed by atoms with Gasteiger partial charge in [-0.15, -0.1) is 0 Å². The summed E-state index contributed by atoms with van der Waals surface area (Å²) >= 11 is 4.54. The van der Waals surface area contributed by atoms with Crippen LogP contribution < -0.4 is 15.2 Å². The third kappa shape index (κ3) is 2.55. The van der Waals surface area contributed by atoms with Gasteiger partial charge in [0.05, 0.1) is 19.9 Å². The van der Waals surface area contributed by atoms with Gasteiger partial charge in [0, 0.05) is 24.1 Å².